The Hall–Kier alpha value is -2.45. The van der Waals surface area contributed by atoms with Gasteiger partial charge in [0.1, 0.15) is 0 Å². The molecule has 0 atom stereocenters. The van der Waals surface area contributed by atoms with Crippen molar-refractivity contribution >= 4 is 5.82 Å². The van der Waals surface area contributed by atoms with Crippen molar-refractivity contribution in [3.8, 4) is 11.3 Å². The van der Waals surface area contributed by atoms with Crippen molar-refractivity contribution in [3.05, 3.63) is 48.7 Å². The number of hydrogen-bond donors (Lipinski definition) is 1. The molecule has 136 valence electrons. The highest BCUT2D eigenvalue weighted by Gasteiger charge is 2.29. The lowest BCUT2D eigenvalue weighted by Gasteiger charge is -2.11. The zero-order valence-electron chi connectivity index (χ0n) is 13.0. The summed E-state index contributed by atoms with van der Waals surface area (Å²) < 4.78 is 76.2. The van der Waals surface area contributed by atoms with Crippen molar-refractivity contribution in [2.24, 2.45) is 0 Å². The second-order valence-electron chi connectivity index (χ2n) is 5.34. The normalized spacial score (nSPS) is 12.2. The number of halogens is 6. The monoisotopic (exact) mass is 363 g/mol. The molecule has 1 N–H and O–H groups in total. The molecule has 0 saturated heterocycles. The first kappa shape index (κ1) is 18.9. The zero-order valence-corrected chi connectivity index (χ0v) is 13.0. The molecule has 2 rings (SSSR count). The van der Waals surface area contributed by atoms with Crippen LogP contribution in [0.1, 0.15) is 12.0 Å². The fourth-order valence-corrected chi connectivity index (χ4v) is 2.30. The molecule has 0 bridgehead atoms. The molecule has 25 heavy (non-hydrogen) atoms. The average Bonchev–Trinajstić information content (AvgIpc) is 2.86. The van der Waals surface area contributed by atoms with Crippen LogP contribution in [0.2, 0.25) is 0 Å². The van der Waals surface area contributed by atoms with Gasteiger partial charge in [-0.15, -0.1) is 0 Å². The van der Waals surface area contributed by atoms with Crippen LogP contribution in [0.5, 0.6) is 0 Å². The predicted molar refractivity (Wildman–Crippen MR) is 81.9 cm³/mol. The summed E-state index contributed by atoms with van der Waals surface area (Å²) in [5.74, 6) is 0.258. The molecule has 0 aliphatic heterocycles. The number of aromatic nitrogens is 2. The molecule has 0 aliphatic rings. The second kappa shape index (κ2) is 7.20. The van der Waals surface area contributed by atoms with Gasteiger partial charge in [0.25, 0.3) is 0 Å². The quantitative estimate of drug-likeness (QED) is 0.718. The summed E-state index contributed by atoms with van der Waals surface area (Å²) in [5, 5.41) is 6.65. The number of nitrogens with zero attached hydrogens (tertiary/aromatic N) is 2. The lowest BCUT2D eigenvalue weighted by atomic mass is 10.1. The van der Waals surface area contributed by atoms with E-state index in [4.69, 9.17) is 0 Å². The standard InChI is InChI=1S/C16H15F6N3/c1-2-23-14-9-13(25(24-14)7-6-15(17,18)19)12-5-3-4-11(8-12)10-16(20,21)22/h2-5,8-9H,1,6-7,10H2,(H,23,24). The number of hydrogen-bond acceptors (Lipinski definition) is 2. The van der Waals surface area contributed by atoms with Crippen LogP contribution in [-0.2, 0) is 13.0 Å². The van der Waals surface area contributed by atoms with Crippen LogP contribution in [0.25, 0.3) is 11.3 Å². The summed E-state index contributed by atoms with van der Waals surface area (Å²) in [5.41, 5.74) is 0.665. The third kappa shape index (κ3) is 5.84. The number of nitrogens with one attached hydrogen (secondary N) is 1. The fraction of sp³-hybridized carbons (Fsp3) is 0.312. The average molecular weight is 363 g/mol. The van der Waals surface area contributed by atoms with Crippen LogP contribution in [0, 0.1) is 0 Å². The van der Waals surface area contributed by atoms with E-state index in [0.717, 1.165) is 4.68 Å². The largest absolute Gasteiger partial charge is 0.393 e. The van der Waals surface area contributed by atoms with Crippen molar-refractivity contribution in [1.29, 1.82) is 0 Å². The topological polar surface area (TPSA) is 29.9 Å². The minimum absolute atomic E-state index is 0.0202. The number of rotatable bonds is 6. The summed E-state index contributed by atoms with van der Waals surface area (Å²) in [6, 6.07) is 7.03. The maximum Gasteiger partial charge on any atom is 0.393 e. The van der Waals surface area contributed by atoms with Gasteiger partial charge in [0.05, 0.1) is 25.1 Å². The molecule has 1 heterocycles. The van der Waals surface area contributed by atoms with E-state index in [1.165, 1.54) is 36.5 Å². The van der Waals surface area contributed by atoms with Crippen molar-refractivity contribution in [2.75, 3.05) is 5.32 Å². The third-order valence-corrected chi connectivity index (χ3v) is 3.26. The van der Waals surface area contributed by atoms with E-state index < -0.39 is 31.7 Å². The molecule has 0 aliphatic carbocycles. The summed E-state index contributed by atoms with van der Waals surface area (Å²) >= 11 is 0. The van der Waals surface area contributed by atoms with Gasteiger partial charge < -0.3 is 5.32 Å². The molecule has 2 aromatic rings. The first-order valence-electron chi connectivity index (χ1n) is 7.25. The van der Waals surface area contributed by atoms with Crippen LogP contribution in [0.4, 0.5) is 32.2 Å². The summed E-state index contributed by atoms with van der Waals surface area (Å²) in [4.78, 5) is 0. The van der Waals surface area contributed by atoms with Crippen LogP contribution < -0.4 is 5.32 Å². The SMILES string of the molecule is C=CNc1cc(-c2cccc(CC(F)(F)F)c2)n(CCC(F)(F)F)n1. The Labute approximate surface area is 140 Å². The highest BCUT2D eigenvalue weighted by Crippen LogP contribution is 2.28. The van der Waals surface area contributed by atoms with E-state index in [0.29, 0.717) is 5.56 Å². The smallest absolute Gasteiger partial charge is 0.346 e. The fourth-order valence-electron chi connectivity index (χ4n) is 2.30. The van der Waals surface area contributed by atoms with Crippen molar-refractivity contribution in [1.82, 2.24) is 9.78 Å². The van der Waals surface area contributed by atoms with Gasteiger partial charge in [-0.1, -0.05) is 24.8 Å². The Morgan fingerprint density at radius 2 is 1.80 bits per heavy atom. The summed E-state index contributed by atoms with van der Waals surface area (Å²) in [6.07, 6.45) is -9.65. The van der Waals surface area contributed by atoms with E-state index >= 15 is 0 Å². The first-order valence-corrected chi connectivity index (χ1v) is 7.25. The zero-order chi connectivity index (χ0) is 18.7. The first-order chi connectivity index (χ1) is 11.6. The molecule has 0 radical (unpaired) electrons. The number of alkyl halides is 6. The predicted octanol–water partition coefficient (Wildman–Crippen LogP) is 5.16. The molecule has 0 spiro atoms. The molecule has 3 nitrogen and oxygen atoms in total. The highest BCUT2D eigenvalue weighted by molar-refractivity contribution is 5.64. The van der Waals surface area contributed by atoms with Crippen LogP contribution in [0.3, 0.4) is 0 Å². The van der Waals surface area contributed by atoms with Crippen molar-refractivity contribution in [3.63, 3.8) is 0 Å². The van der Waals surface area contributed by atoms with Gasteiger partial charge in [-0.2, -0.15) is 31.4 Å². The Kier molecular flexibility index (Phi) is 5.44. The van der Waals surface area contributed by atoms with E-state index in [9.17, 15) is 26.3 Å². The maximum atomic E-state index is 12.5. The number of aryl methyl sites for hydroxylation is 1. The highest BCUT2D eigenvalue weighted by atomic mass is 19.4. The van der Waals surface area contributed by atoms with Gasteiger partial charge in [-0.05, 0) is 17.8 Å². The van der Waals surface area contributed by atoms with Gasteiger partial charge in [-0.25, -0.2) is 0 Å². The van der Waals surface area contributed by atoms with Gasteiger partial charge >= 0.3 is 12.4 Å². The maximum absolute atomic E-state index is 12.5. The van der Waals surface area contributed by atoms with E-state index in [1.807, 2.05) is 0 Å². The van der Waals surface area contributed by atoms with Crippen molar-refractivity contribution < 1.29 is 26.3 Å². The molecule has 0 saturated carbocycles. The van der Waals surface area contributed by atoms with Gasteiger partial charge in [-0.3, -0.25) is 4.68 Å². The molecule has 9 heteroatoms. The number of anilines is 1. The molecular formula is C16H15F6N3. The second-order valence-corrected chi connectivity index (χ2v) is 5.34. The van der Waals surface area contributed by atoms with Gasteiger partial charge in [0.2, 0.25) is 0 Å². The Morgan fingerprint density at radius 1 is 1.08 bits per heavy atom. The van der Waals surface area contributed by atoms with Crippen LogP contribution in [-0.4, -0.2) is 22.1 Å². The molecular weight excluding hydrogens is 348 g/mol. The van der Waals surface area contributed by atoms with Crippen LogP contribution >= 0.6 is 0 Å². The minimum atomic E-state index is -4.37. The van der Waals surface area contributed by atoms with E-state index in [2.05, 4.69) is 17.0 Å². The van der Waals surface area contributed by atoms with Crippen molar-refractivity contribution in [2.45, 2.75) is 31.7 Å². The lowest BCUT2D eigenvalue weighted by Crippen LogP contribution is -2.14. The summed E-state index contributed by atoms with van der Waals surface area (Å²) in [6.45, 7) is 3.00. The van der Waals surface area contributed by atoms with Crippen LogP contribution in [0.15, 0.2) is 43.1 Å². The Morgan fingerprint density at radius 3 is 2.40 bits per heavy atom. The Bertz CT molecular complexity index is 730. The molecule has 0 unspecified atom stereocenters. The number of benzene rings is 1. The molecule has 0 amide bonds. The van der Waals surface area contributed by atoms with E-state index in [-0.39, 0.29) is 17.1 Å². The molecule has 1 aromatic carbocycles. The Balaban J connectivity index is 2.36. The summed E-state index contributed by atoms with van der Waals surface area (Å²) in [7, 11) is 0. The third-order valence-electron chi connectivity index (χ3n) is 3.26. The van der Waals surface area contributed by atoms with Gasteiger partial charge in [0, 0.05) is 11.6 Å². The van der Waals surface area contributed by atoms with E-state index in [1.54, 1.807) is 0 Å². The molecule has 0 fully saturated rings. The minimum Gasteiger partial charge on any atom is -0.346 e. The lowest BCUT2D eigenvalue weighted by molar-refractivity contribution is -0.137. The molecule has 1 aromatic heterocycles. The van der Waals surface area contributed by atoms with Gasteiger partial charge in [0.15, 0.2) is 5.82 Å².